The van der Waals surface area contributed by atoms with Gasteiger partial charge in [-0.25, -0.2) is 0 Å². The highest BCUT2D eigenvalue weighted by Gasteiger charge is 2.27. The SMILES string of the molecule is C[C@@H]1C[C@@H](N)C(=O)O1. The number of hydrogen-bond acceptors (Lipinski definition) is 3. The molecule has 1 heterocycles. The Morgan fingerprint density at radius 3 is 2.62 bits per heavy atom. The highest BCUT2D eigenvalue weighted by Crippen LogP contribution is 2.10. The lowest BCUT2D eigenvalue weighted by molar-refractivity contribution is -0.141. The van der Waals surface area contributed by atoms with E-state index in [1.807, 2.05) is 6.92 Å². The molecule has 2 atom stereocenters. The van der Waals surface area contributed by atoms with Crippen molar-refractivity contribution in [3.8, 4) is 0 Å². The topological polar surface area (TPSA) is 52.3 Å². The van der Waals surface area contributed by atoms with Crippen molar-refractivity contribution in [1.82, 2.24) is 0 Å². The molecular formula is C5H9NO2. The molecule has 0 bridgehead atoms. The Kier molecular flexibility index (Phi) is 1.21. The second-order valence-corrected chi connectivity index (χ2v) is 2.09. The number of cyclic esters (lactones) is 1. The third-order valence-corrected chi connectivity index (χ3v) is 1.21. The van der Waals surface area contributed by atoms with E-state index in [1.54, 1.807) is 0 Å². The maximum atomic E-state index is 10.4. The van der Waals surface area contributed by atoms with Gasteiger partial charge in [-0.05, 0) is 6.92 Å². The Balaban J connectivity index is 2.51. The van der Waals surface area contributed by atoms with E-state index < -0.39 is 0 Å². The zero-order valence-corrected chi connectivity index (χ0v) is 4.76. The quantitative estimate of drug-likeness (QED) is 0.439. The summed E-state index contributed by atoms with van der Waals surface area (Å²) in [5.74, 6) is -0.266. The molecule has 0 saturated carbocycles. The number of carbonyl (C=O) groups excluding carboxylic acids is 1. The molecular weight excluding hydrogens is 106 g/mol. The van der Waals surface area contributed by atoms with E-state index in [9.17, 15) is 4.79 Å². The van der Waals surface area contributed by atoms with Crippen molar-refractivity contribution in [1.29, 1.82) is 0 Å². The van der Waals surface area contributed by atoms with E-state index in [-0.39, 0.29) is 18.1 Å². The average Bonchev–Trinajstić information content (AvgIpc) is 1.85. The van der Waals surface area contributed by atoms with Crippen LogP contribution in [-0.2, 0) is 9.53 Å². The number of ether oxygens (including phenoxy) is 1. The first-order valence-electron chi connectivity index (χ1n) is 2.66. The standard InChI is InChI=1S/C5H9NO2/c1-3-2-4(6)5(7)8-3/h3-4H,2,6H2,1H3/t3-,4-/m1/s1. The summed E-state index contributed by atoms with van der Waals surface area (Å²) in [5, 5.41) is 0. The summed E-state index contributed by atoms with van der Waals surface area (Å²) in [6.07, 6.45) is 0.691. The van der Waals surface area contributed by atoms with Gasteiger partial charge in [0, 0.05) is 6.42 Å². The van der Waals surface area contributed by atoms with E-state index in [0.29, 0.717) is 6.42 Å². The van der Waals surface area contributed by atoms with E-state index in [2.05, 4.69) is 0 Å². The van der Waals surface area contributed by atoms with E-state index in [0.717, 1.165) is 0 Å². The highest BCUT2D eigenvalue weighted by atomic mass is 16.6. The monoisotopic (exact) mass is 115 g/mol. The average molecular weight is 115 g/mol. The summed E-state index contributed by atoms with van der Waals surface area (Å²) in [6, 6.07) is -0.370. The Hall–Kier alpha value is -0.570. The Morgan fingerprint density at radius 1 is 1.88 bits per heavy atom. The van der Waals surface area contributed by atoms with Gasteiger partial charge in [-0.15, -0.1) is 0 Å². The van der Waals surface area contributed by atoms with Crippen molar-refractivity contribution in [3.63, 3.8) is 0 Å². The van der Waals surface area contributed by atoms with E-state index >= 15 is 0 Å². The summed E-state index contributed by atoms with van der Waals surface area (Å²) < 4.78 is 4.71. The minimum absolute atomic E-state index is 0.0255. The van der Waals surface area contributed by atoms with Crippen LogP contribution in [0.5, 0.6) is 0 Å². The van der Waals surface area contributed by atoms with Gasteiger partial charge in [0.15, 0.2) is 0 Å². The van der Waals surface area contributed by atoms with Gasteiger partial charge in [0.05, 0.1) is 0 Å². The maximum Gasteiger partial charge on any atom is 0.323 e. The van der Waals surface area contributed by atoms with Gasteiger partial charge in [-0.2, -0.15) is 0 Å². The van der Waals surface area contributed by atoms with Gasteiger partial charge >= 0.3 is 5.97 Å². The lowest BCUT2D eigenvalue weighted by atomic mass is 10.2. The van der Waals surface area contributed by atoms with Gasteiger partial charge in [0.1, 0.15) is 12.1 Å². The molecule has 0 unspecified atom stereocenters. The molecule has 3 heteroatoms. The minimum atomic E-state index is -0.370. The second-order valence-electron chi connectivity index (χ2n) is 2.09. The van der Waals surface area contributed by atoms with Crippen LogP contribution in [0.2, 0.25) is 0 Å². The molecule has 1 fully saturated rings. The molecule has 2 N–H and O–H groups in total. The van der Waals surface area contributed by atoms with Crippen LogP contribution in [0.15, 0.2) is 0 Å². The Bertz CT molecular complexity index is 113. The molecule has 1 rings (SSSR count). The maximum absolute atomic E-state index is 10.4. The van der Waals surface area contributed by atoms with Crippen molar-refractivity contribution in [3.05, 3.63) is 0 Å². The molecule has 1 aliphatic rings. The number of rotatable bonds is 0. The number of hydrogen-bond donors (Lipinski definition) is 1. The second kappa shape index (κ2) is 1.74. The molecule has 0 aromatic carbocycles. The van der Waals surface area contributed by atoms with Crippen LogP contribution in [0.25, 0.3) is 0 Å². The van der Waals surface area contributed by atoms with Gasteiger partial charge in [-0.3, -0.25) is 4.79 Å². The van der Waals surface area contributed by atoms with Crippen molar-refractivity contribution in [2.45, 2.75) is 25.5 Å². The Labute approximate surface area is 47.8 Å². The molecule has 46 valence electrons. The van der Waals surface area contributed by atoms with Gasteiger partial charge in [0.2, 0.25) is 0 Å². The van der Waals surface area contributed by atoms with Crippen LogP contribution < -0.4 is 5.73 Å². The van der Waals surface area contributed by atoms with Crippen LogP contribution in [-0.4, -0.2) is 18.1 Å². The minimum Gasteiger partial charge on any atom is -0.461 e. The van der Waals surface area contributed by atoms with Crippen LogP contribution in [0, 0.1) is 0 Å². The third-order valence-electron chi connectivity index (χ3n) is 1.21. The zero-order chi connectivity index (χ0) is 6.15. The van der Waals surface area contributed by atoms with Crippen LogP contribution in [0.1, 0.15) is 13.3 Å². The molecule has 0 spiro atoms. The molecule has 1 saturated heterocycles. The lowest BCUT2D eigenvalue weighted by Gasteiger charge is -1.95. The zero-order valence-electron chi connectivity index (χ0n) is 4.76. The van der Waals surface area contributed by atoms with E-state index in [4.69, 9.17) is 10.5 Å². The molecule has 1 aliphatic heterocycles. The first-order chi connectivity index (χ1) is 3.70. The van der Waals surface area contributed by atoms with Gasteiger partial charge in [-0.1, -0.05) is 0 Å². The van der Waals surface area contributed by atoms with Crippen molar-refractivity contribution >= 4 is 5.97 Å². The fraction of sp³-hybridized carbons (Fsp3) is 0.800. The fourth-order valence-electron chi connectivity index (χ4n) is 0.788. The highest BCUT2D eigenvalue weighted by molar-refractivity contribution is 5.77. The van der Waals surface area contributed by atoms with Crippen LogP contribution in [0.4, 0.5) is 0 Å². The predicted molar refractivity (Wildman–Crippen MR) is 28.1 cm³/mol. The molecule has 3 nitrogen and oxygen atoms in total. The number of carbonyl (C=O) groups is 1. The largest absolute Gasteiger partial charge is 0.461 e. The summed E-state index contributed by atoms with van der Waals surface area (Å²) >= 11 is 0. The van der Waals surface area contributed by atoms with E-state index in [1.165, 1.54) is 0 Å². The molecule has 8 heavy (non-hydrogen) atoms. The summed E-state index contributed by atoms with van der Waals surface area (Å²) in [7, 11) is 0. The smallest absolute Gasteiger partial charge is 0.323 e. The van der Waals surface area contributed by atoms with Crippen molar-refractivity contribution in [2.75, 3.05) is 0 Å². The van der Waals surface area contributed by atoms with Crippen molar-refractivity contribution in [2.24, 2.45) is 5.73 Å². The summed E-state index contributed by atoms with van der Waals surface area (Å²) in [6.45, 7) is 1.84. The summed E-state index contributed by atoms with van der Waals surface area (Å²) in [4.78, 5) is 10.4. The molecule has 0 amide bonds. The van der Waals surface area contributed by atoms with Crippen molar-refractivity contribution < 1.29 is 9.53 Å². The molecule has 0 aromatic rings. The first kappa shape index (κ1) is 5.56. The molecule has 0 radical (unpaired) electrons. The molecule has 0 aliphatic carbocycles. The number of esters is 1. The predicted octanol–water partition coefficient (Wildman–Crippen LogP) is -0.351. The normalized spacial score (nSPS) is 37.5. The van der Waals surface area contributed by atoms with Crippen LogP contribution in [0.3, 0.4) is 0 Å². The van der Waals surface area contributed by atoms with Gasteiger partial charge < -0.3 is 10.5 Å². The lowest BCUT2D eigenvalue weighted by Crippen LogP contribution is -2.24. The molecule has 0 aromatic heterocycles. The Morgan fingerprint density at radius 2 is 2.50 bits per heavy atom. The fourth-order valence-corrected chi connectivity index (χ4v) is 0.788. The third kappa shape index (κ3) is 0.816. The summed E-state index contributed by atoms with van der Waals surface area (Å²) in [5.41, 5.74) is 5.29. The van der Waals surface area contributed by atoms with Crippen LogP contribution >= 0.6 is 0 Å². The van der Waals surface area contributed by atoms with Gasteiger partial charge in [0.25, 0.3) is 0 Å². The number of nitrogens with two attached hydrogens (primary N) is 1. The first-order valence-corrected chi connectivity index (χ1v) is 2.66.